The summed E-state index contributed by atoms with van der Waals surface area (Å²) < 4.78 is 4.88. The van der Waals surface area contributed by atoms with Gasteiger partial charge in [0.15, 0.2) is 5.16 Å². The molecule has 0 aliphatic rings. The van der Waals surface area contributed by atoms with Gasteiger partial charge in [-0.25, -0.2) is 14.8 Å². The number of benzene rings is 1. The number of hydrogen-bond acceptors (Lipinski definition) is 7. The van der Waals surface area contributed by atoms with E-state index in [4.69, 9.17) is 10.5 Å². The van der Waals surface area contributed by atoms with Crippen molar-refractivity contribution in [1.82, 2.24) is 9.97 Å². The van der Waals surface area contributed by atoms with Gasteiger partial charge in [-0.2, -0.15) is 0 Å². The second-order valence-electron chi connectivity index (χ2n) is 5.24. The largest absolute Gasteiger partial charge is 0.462 e. The lowest BCUT2D eigenvalue weighted by atomic mass is 10.2. The van der Waals surface area contributed by atoms with E-state index in [-0.39, 0.29) is 23.9 Å². The molecule has 2 aromatic rings. The molecule has 1 aromatic carbocycles. The van der Waals surface area contributed by atoms with Crippen LogP contribution in [0.3, 0.4) is 0 Å². The molecule has 132 valence electrons. The van der Waals surface area contributed by atoms with Crippen molar-refractivity contribution in [2.24, 2.45) is 0 Å². The van der Waals surface area contributed by atoms with E-state index in [9.17, 15) is 9.59 Å². The van der Waals surface area contributed by atoms with Crippen LogP contribution in [0.5, 0.6) is 0 Å². The SMILES string of the molecule is CCOC(=O)c1cnc(SC(C)C(=O)Nc2ccccc2C)nc1N. The van der Waals surface area contributed by atoms with Crippen molar-refractivity contribution in [1.29, 1.82) is 0 Å². The van der Waals surface area contributed by atoms with E-state index in [1.165, 1.54) is 6.20 Å². The predicted molar refractivity (Wildman–Crippen MR) is 97.5 cm³/mol. The molecular formula is C17H20N4O3S. The second-order valence-corrected chi connectivity index (χ2v) is 6.54. The van der Waals surface area contributed by atoms with E-state index < -0.39 is 11.2 Å². The van der Waals surface area contributed by atoms with Crippen LogP contribution in [-0.4, -0.2) is 33.7 Å². The highest BCUT2D eigenvalue weighted by Crippen LogP contribution is 2.23. The minimum Gasteiger partial charge on any atom is -0.462 e. The smallest absolute Gasteiger partial charge is 0.343 e. The zero-order chi connectivity index (χ0) is 18.4. The van der Waals surface area contributed by atoms with Gasteiger partial charge >= 0.3 is 5.97 Å². The molecule has 3 N–H and O–H groups in total. The number of nitrogens with zero attached hydrogens (tertiary/aromatic N) is 2. The first-order valence-electron chi connectivity index (χ1n) is 7.75. The number of amides is 1. The van der Waals surface area contributed by atoms with Gasteiger partial charge in [0.05, 0.1) is 11.9 Å². The van der Waals surface area contributed by atoms with Crippen LogP contribution < -0.4 is 11.1 Å². The van der Waals surface area contributed by atoms with Gasteiger partial charge < -0.3 is 15.8 Å². The summed E-state index contributed by atoms with van der Waals surface area (Å²) in [5.74, 6) is -0.708. The number of rotatable bonds is 6. The molecule has 1 amide bonds. The maximum absolute atomic E-state index is 12.3. The number of nitrogens with two attached hydrogens (primary N) is 1. The summed E-state index contributed by atoms with van der Waals surface area (Å²) in [6.45, 7) is 5.61. The number of carbonyl (C=O) groups is 2. The quantitative estimate of drug-likeness (QED) is 0.463. The normalized spacial score (nSPS) is 11.6. The van der Waals surface area contributed by atoms with Crippen LogP contribution in [0, 0.1) is 6.92 Å². The summed E-state index contributed by atoms with van der Waals surface area (Å²) in [5.41, 5.74) is 7.64. The van der Waals surface area contributed by atoms with E-state index in [2.05, 4.69) is 15.3 Å². The van der Waals surface area contributed by atoms with E-state index in [0.717, 1.165) is 23.0 Å². The molecule has 0 aliphatic carbocycles. The van der Waals surface area contributed by atoms with Crippen LogP contribution in [0.15, 0.2) is 35.6 Å². The summed E-state index contributed by atoms with van der Waals surface area (Å²) in [6.07, 6.45) is 1.31. The number of nitrogens with one attached hydrogen (secondary N) is 1. The van der Waals surface area contributed by atoms with Crippen molar-refractivity contribution in [2.75, 3.05) is 17.7 Å². The maximum atomic E-state index is 12.3. The molecule has 7 nitrogen and oxygen atoms in total. The number of esters is 1. The molecule has 1 atom stereocenters. The first-order chi connectivity index (χ1) is 11.9. The Hall–Kier alpha value is -2.61. The average molecular weight is 360 g/mol. The minimum absolute atomic E-state index is 0.0301. The zero-order valence-electron chi connectivity index (χ0n) is 14.3. The molecule has 25 heavy (non-hydrogen) atoms. The molecule has 0 saturated carbocycles. The Labute approximate surface area is 150 Å². The lowest BCUT2D eigenvalue weighted by Gasteiger charge is -2.13. The molecular weight excluding hydrogens is 340 g/mol. The van der Waals surface area contributed by atoms with Gasteiger partial charge in [-0.15, -0.1) is 0 Å². The highest BCUT2D eigenvalue weighted by atomic mass is 32.2. The number of thioether (sulfide) groups is 1. The average Bonchev–Trinajstić information content (AvgIpc) is 2.57. The molecule has 0 fully saturated rings. The Morgan fingerprint density at radius 2 is 2.08 bits per heavy atom. The fraction of sp³-hybridized carbons (Fsp3) is 0.294. The van der Waals surface area contributed by atoms with Crippen LogP contribution in [0.1, 0.15) is 29.8 Å². The third-order valence-corrected chi connectivity index (χ3v) is 4.32. The molecule has 2 rings (SSSR count). The third kappa shape index (κ3) is 4.93. The number of aromatic nitrogens is 2. The molecule has 1 unspecified atom stereocenters. The summed E-state index contributed by atoms with van der Waals surface area (Å²) in [5, 5.41) is 2.75. The van der Waals surface area contributed by atoms with Crippen molar-refractivity contribution in [2.45, 2.75) is 31.2 Å². The second kappa shape index (κ2) is 8.48. The van der Waals surface area contributed by atoms with E-state index >= 15 is 0 Å². The lowest BCUT2D eigenvalue weighted by molar-refractivity contribution is -0.115. The minimum atomic E-state index is -0.568. The van der Waals surface area contributed by atoms with Gasteiger partial charge in [0, 0.05) is 11.9 Å². The number of aryl methyl sites for hydroxylation is 1. The van der Waals surface area contributed by atoms with Gasteiger partial charge in [-0.1, -0.05) is 30.0 Å². The summed E-state index contributed by atoms with van der Waals surface area (Å²) >= 11 is 1.16. The fourth-order valence-corrected chi connectivity index (χ4v) is 2.71. The first kappa shape index (κ1) is 18.7. The summed E-state index contributed by atoms with van der Waals surface area (Å²) in [4.78, 5) is 32.2. The van der Waals surface area contributed by atoms with E-state index in [1.54, 1.807) is 13.8 Å². The molecule has 0 radical (unpaired) electrons. The van der Waals surface area contributed by atoms with Crippen molar-refractivity contribution in [3.05, 3.63) is 41.6 Å². The number of nitrogen functional groups attached to an aromatic ring is 1. The number of anilines is 2. The van der Waals surface area contributed by atoms with E-state index in [1.807, 2.05) is 31.2 Å². The number of carbonyl (C=O) groups excluding carboxylic acids is 2. The van der Waals surface area contributed by atoms with Gasteiger partial charge in [0.1, 0.15) is 11.4 Å². The molecule has 0 bridgehead atoms. The highest BCUT2D eigenvalue weighted by Gasteiger charge is 2.19. The van der Waals surface area contributed by atoms with Crippen molar-refractivity contribution in [3.63, 3.8) is 0 Å². The van der Waals surface area contributed by atoms with Crippen molar-refractivity contribution in [3.8, 4) is 0 Å². The molecule has 0 saturated heterocycles. The maximum Gasteiger partial charge on any atom is 0.343 e. The molecule has 0 aliphatic heterocycles. The summed E-state index contributed by atoms with van der Waals surface area (Å²) in [6, 6.07) is 7.53. The number of para-hydroxylation sites is 1. The Bertz CT molecular complexity index is 782. The molecule has 0 spiro atoms. The van der Waals surface area contributed by atoms with Gasteiger partial charge in [0.2, 0.25) is 5.91 Å². The lowest BCUT2D eigenvalue weighted by Crippen LogP contribution is -2.23. The number of ether oxygens (including phenoxy) is 1. The van der Waals surface area contributed by atoms with Crippen LogP contribution >= 0.6 is 11.8 Å². The van der Waals surface area contributed by atoms with Crippen LogP contribution in [0.25, 0.3) is 0 Å². The van der Waals surface area contributed by atoms with Crippen molar-refractivity contribution < 1.29 is 14.3 Å². The first-order valence-corrected chi connectivity index (χ1v) is 8.63. The molecule has 1 heterocycles. The number of hydrogen-bond donors (Lipinski definition) is 2. The topological polar surface area (TPSA) is 107 Å². The van der Waals surface area contributed by atoms with Crippen LogP contribution in [-0.2, 0) is 9.53 Å². The van der Waals surface area contributed by atoms with Gasteiger partial charge in [-0.3, -0.25) is 4.79 Å². The van der Waals surface area contributed by atoms with Gasteiger partial charge in [-0.05, 0) is 32.4 Å². The fourth-order valence-electron chi connectivity index (χ4n) is 1.96. The monoisotopic (exact) mass is 360 g/mol. The zero-order valence-corrected chi connectivity index (χ0v) is 15.1. The Morgan fingerprint density at radius 1 is 1.36 bits per heavy atom. The highest BCUT2D eigenvalue weighted by molar-refractivity contribution is 8.00. The van der Waals surface area contributed by atoms with Crippen molar-refractivity contribution >= 4 is 35.1 Å². The Morgan fingerprint density at radius 3 is 2.72 bits per heavy atom. The standard InChI is InChI=1S/C17H20N4O3S/c1-4-24-16(23)12-9-19-17(21-14(12)18)25-11(3)15(22)20-13-8-6-5-7-10(13)2/h5-9,11H,4H2,1-3H3,(H,20,22)(H2,18,19,21). The predicted octanol–water partition coefficient (Wildman–Crippen LogP) is 2.66. The Kier molecular flexibility index (Phi) is 6.35. The molecule has 1 aromatic heterocycles. The third-order valence-electron chi connectivity index (χ3n) is 3.35. The van der Waals surface area contributed by atoms with E-state index in [0.29, 0.717) is 5.16 Å². The summed E-state index contributed by atoms with van der Waals surface area (Å²) in [7, 11) is 0. The molecule has 8 heteroatoms. The van der Waals surface area contributed by atoms with Crippen LogP contribution in [0.4, 0.5) is 11.5 Å². The Balaban J connectivity index is 2.03. The van der Waals surface area contributed by atoms with Gasteiger partial charge in [0.25, 0.3) is 0 Å². The van der Waals surface area contributed by atoms with Crippen LogP contribution in [0.2, 0.25) is 0 Å².